The zero-order chi connectivity index (χ0) is 23.4. The van der Waals surface area contributed by atoms with Gasteiger partial charge < -0.3 is 4.90 Å². The van der Waals surface area contributed by atoms with Crippen molar-refractivity contribution >= 4 is 11.4 Å². The van der Waals surface area contributed by atoms with Gasteiger partial charge in [0.05, 0.1) is 0 Å². The summed E-state index contributed by atoms with van der Waals surface area (Å²) in [6.45, 7) is 21.1. The van der Waals surface area contributed by atoms with E-state index < -0.39 is 0 Å². The van der Waals surface area contributed by atoms with Crippen LogP contribution in [0.5, 0.6) is 0 Å². The summed E-state index contributed by atoms with van der Waals surface area (Å²) in [6, 6.07) is 22.7. The van der Waals surface area contributed by atoms with Crippen LogP contribution < -0.4 is 4.90 Å². The van der Waals surface area contributed by atoms with Gasteiger partial charge in [-0.2, -0.15) is 0 Å². The van der Waals surface area contributed by atoms with E-state index in [2.05, 4.69) is 128 Å². The molecule has 3 aromatic carbocycles. The van der Waals surface area contributed by atoms with Crippen LogP contribution in [0.3, 0.4) is 0 Å². The van der Waals surface area contributed by atoms with Crippen LogP contribution in [0.2, 0.25) is 0 Å². The molecular formula is C31H39N. The monoisotopic (exact) mass is 425 g/mol. The molecule has 0 unspecified atom stereocenters. The second kappa shape index (κ2) is 7.80. The lowest BCUT2D eigenvalue weighted by Gasteiger charge is -2.42. The molecule has 1 aliphatic carbocycles. The van der Waals surface area contributed by atoms with Gasteiger partial charge in [0, 0.05) is 22.3 Å². The first-order valence-corrected chi connectivity index (χ1v) is 12.1. The average Bonchev–Trinajstić information content (AvgIpc) is 2.95. The van der Waals surface area contributed by atoms with Crippen LogP contribution in [0.25, 0.3) is 11.1 Å². The van der Waals surface area contributed by atoms with Gasteiger partial charge in [0.15, 0.2) is 0 Å². The molecule has 3 aromatic rings. The maximum Gasteiger partial charge on any atom is 0.0454 e. The van der Waals surface area contributed by atoms with Gasteiger partial charge in [0.1, 0.15) is 0 Å². The largest absolute Gasteiger partial charge is 0.336 e. The Labute approximate surface area is 195 Å². The third-order valence-electron chi connectivity index (χ3n) is 7.03. The summed E-state index contributed by atoms with van der Waals surface area (Å²) >= 11 is 0. The molecule has 0 bridgehead atoms. The minimum atomic E-state index is -0.0571. The van der Waals surface area contributed by atoms with Crippen molar-refractivity contribution in [3.8, 4) is 11.1 Å². The van der Waals surface area contributed by atoms with Gasteiger partial charge in [-0.1, -0.05) is 90.1 Å². The maximum atomic E-state index is 2.59. The second-order valence-corrected chi connectivity index (χ2v) is 11.5. The third-order valence-corrected chi connectivity index (χ3v) is 7.03. The Morgan fingerprint density at radius 3 is 1.94 bits per heavy atom. The molecule has 1 nitrogen and oxygen atoms in total. The molecule has 1 heteroatoms. The average molecular weight is 426 g/mol. The van der Waals surface area contributed by atoms with Crippen LogP contribution in [0, 0.1) is 0 Å². The lowest BCUT2D eigenvalue weighted by molar-refractivity contribution is 0.552. The summed E-state index contributed by atoms with van der Waals surface area (Å²) in [4.78, 5) is 2.59. The molecule has 0 heterocycles. The standard InChI is InChI=1S/C31H39N/c1-20(2)22-14-11-13-17-26(22)32(30(5,6)7)27-19-18-24-23-15-10-12-16-25(23)31(8,9)29(24)28(27)21(3)4/h10-21H,1-9H3. The van der Waals surface area contributed by atoms with Gasteiger partial charge in [-0.3, -0.25) is 0 Å². The van der Waals surface area contributed by atoms with Crippen molar-refractivity contribution in [3.05, 3.63) is 82.9 Å². The molecule has 0 saturated carbocycles. The Morgan fingerprint density at radius 2 is 1.31 bits per heavy atom. The number of nitrogens with zero attached hydrogens (tertiary/aromatic N) is 1. The molecule has 0 N–H and O–H groups in total. The smallest absolute Gasteiger partial charge is 0.0454 e. The quantitative estimate of drug-likeness (QED) is 0.403. The zero-order valence-corrected chi connectivity index (χ0v) is 21.4. The van der Waals surface area contributed by atoms with Crippen molar-refractivity contribution in [2.75, 3.05) is 4.90 Å². The van der Waals surface area contributed by atoms with Crippen LogP contribution in [0.4, 0.5) is 11.4 Å². The number of anilines is 2. The van der Waals surface area contributed by atoms with E-state index in [1.165, 1.54) is 44.8 Å². The Morgan fingerprint density at radius 1 is 0.688 bits per heavy atom. The fraction of sp³-hybridized carbons (Fsp3) is 0.419. The first-order chi connectivity index (χ1) is 15.0. The number of fused-ring (bicyclic) bond motifs is 3. The summed E-state index contributed by atoms with van der Waals surface area (Å²) in [5.41, 5.74) is 11.2. The minimum absolute atomic E-state index is 0.0112. The van der Waals surface area contributed by atoms with Crippen molar-refractivity contribution in [3.63, 3.8) is 0 Å². The highest BCUT2D eigenvalue weighted by Gasteiger charge is 2.40. The zero-order valence-electron chi connectivity index (χ0n) is 21.4. The van der Waals surface area contributed by atoms with Crippen molar-refractivity contribution < 1.29 is 0 Å². The molecule has 4 rings (SSSR count). The maximum absolute atomic E-state index is 2.59. The van der Waals surface area contributed by atoms with Gasteiger partial charge in [-0.25, -0.2) is 0 Å². The highest BCUT2D eigenvalue weighted by atomic mass is 15.2. The predicted octanol–water partition coefficient (Wildman–Crippen LogP) is 9.18. The summed E-state index contributed by atoms with van der Waals surface area (Å²) in [5, 5.41) is 0. The van der Waals surface area contributed by atoms with Crippen LogP contribution in [0.1, 0.15) is 96.4 Å². The Hall–Kier alpha value is -2.54. The van der Waals surface area contributed by atoms with E-state index in [0.717, 1.165) is 0 Å². The van der Waals surface area contributed by atoms with Crippen LogP contribution in [-0.4, -0.2) is 5.54 Å². The molecule has 0 aliphatic heterocycles. The summed E-state index contributed by atoms with van der Waals surface area (Å²) in [6.07, 6.45) is 0. The summed E-state index contributed by atoms with van der Waals surface area (Å²) in [7, 11) is 0. The number of para-hydroxylation sites is 1. The van der Waals surface area contributed by atoms with Crippen molar-refractivity contribution in [2.24, 2.45) is 0 Å². The molecule has 0 fully saturated rings. The van der Waals surface area contributed by atoms with Gasteiger partial charge in [0.2, 0.25) is 0 Å². The lowest BCUT2D eigenvalue weighted by atomic mass is 9.77. The van der Waals surface area contributed by atoms with E-state index in [9.17, 15) is 0 Å². The molecule has 168 valence electrons. The normalized spacial score (nSPS) is 14.6. The van der Waals surface area contributed by atoms with Crippen molar-refractivity contribution in [1.29, 1.82) is 0 Å². The Bertz CT molecular complexity index is 1140. The molecular weight excluding hydrogens is 386 g/mol. The molecule has 1 aliphatic rings. The van der Waals surface area contributed by atoms with Crippen LogP contribution in [-0.2, 0) is 5.41 Å². The van der Waals surface area contributed by atoms with Crippen LogP contribution >= 0.6 is 0 Å². The van der Waals surface area contributed by atoms with E-state index in [1.807, 2.05) is 0 Å². The Balaban J connectivity index is 2.06. The first-order valence-electron chi connectivity index (χ1n) is 12.1. The highest BCUT2D eigenvalue weighted by molar-refractivity contribution is 5.86. The van der Waals surface area contributed by atoms with Crippen molar-refractivity contribution in [1.82, 2.24) is 0 Å². The fourth-order valence-corrected chi connectivity index (χ4v) is 5.72. The fourth-order valence-electron chi connectivity index (χ4n) is 5.72. The Kier molecular flexibility index (Phi) is 5.52. The molecule has 0 amide bonds. The number of hydrogen-bond donors (Lipinski definition) is 0. The van der Waals surface area contributed by atoms with E-state index in [0.29, 0.717) is 11.8 Å². The van der Waals surface area contributed by atoms with Gasteiger partial charge in [0.25, 0.3) is 0 Å². The second-order valence-electron chi connectivity index (χ2n) is 11.5. The predicted molar refractivity (Wildman–Crippen MR) is 141 cm³/mol. The lowest BCUT2D eigenvalue weighted by Crippen LogP contribution is -2.39. The van der Waals surface area contributed by atoms with Crippen molar-refractivity contribution in [2.45, 2.75) is 85.1 Å². The number of benzene rings is 3. The topological polar surface area (TPSA) is 3.24 Å². The van der Waals surface area contributed by atoms with Gasteiger partial charge in [-0.05, 0) is 78.1 Å². The summed E-state index contributed by atoms with van der Waals surface area (Å²) < 4.78 is 0. The first kappa shape index (κ1) is 22.6. The SMILES string of the molecule is CC(C)c1ccccc1N(c1ccc2c(c1C(C)C)C(C)(C)c1ccccc1-2)C(C)(C)C. The minimum Gasteiger partial charge on any atom is -0.336 e. The molecule has 0 aromatic heterocycles. The summed E-state index contributed by atoms with van der Waals surface area (Å²) in [5.74, 6) is 0.887. The van der Waals surface area contributed by atoms with E-state index in [-0.39, 0.29) is 11.0 Å². The van der Waals surface area contributed by atoms with Gasteiger partial charge >= 0.3 is 0 Å². The number of rotatable bonds is 4. The molecule has 0 radical (unpaired) electrons. The molecule has 32 heavy (non-hydrogen) atoms. The molecule has 0 spiro atoms. The van der Waals surface area contributed by atoms with Gasteiger partial charge in [-0.15, -0.1) is 0 Å². The molecule has 0 atom stereocenters. The van der Waals surface area contributed by atoms with E-state index in [1.54, 1.807) is 0 Å². The number of hydrogen-bond acceptors (Lipinski definition) is 1. The van der Waals surface area contributed by atoms with E-state index in [4.69, 9.17) is 0 Å². The molecule has 0 saturated heterocycles. The third kappa shape index (κ3) is 3.47. The highest BCUT2D eigenvalue weighted by Crippen LogP contribution is 2.54. The van der Waals surface area contributed by atoms with Crippen LogP contribution in [0.15, 0.2) is 60.7 Å². The van der Waals surface area contributed by atoms with E-state index >= 15 is 0 Å².